The van der Waals surface area contributed by atoms with Gasteiger partial charge >= 0.3 is 0 Å². The summed E-state index contributed by atoms with van der Waals surface area (Å²) in [6, 6.07) is 2.70. The first-order chi connectivity index (χ1) is 12.0. The molecule has 0 aliphatic carbocycles. The maximum Gasteiger partial charge on any atom is 0.265 e. The number of nitrogens with zero attached hydrogens (tertiary/aromatic N) is 2. The Balaban J connectivity index is 1.86. The highest BCUT2D eigenvalue weighted by molar-refractivity contribution is 6.23. The standard InChI is InChI=1S/C17H17FN2O5/c1-25-9-3-8-19-13(21)7-6-12(16(19)23)20-15(22)10-4-2-5-11(18)14(10)17(20)24/h2,4-5,12H,3,6-9H2,1H3. The molecule has 3 rings (SSSR count). The molecule has 0 spiro atoms. The van der Waals surface area contributed by atoms with Crippen LogP contribution in [0, 0.1) is 5.82 Å². The third-order valence-electron chi connectivity index (χ3n) is 4.42. The minimum atomic E-state index is -1.09. The lowest BCUT2D eigenvalue weighted by atomic mass is 10.0. The van der Waals surface area contributed by atoms with Gasteiger partial charge in [0.1, 0.15) is 11.9 Å². The molecule has 1 saturated heterocycles. The van der Waals surface area contributed by atoms with Crippen LogP contribution >= 0.6 is 0 Å². The molecule has 2 heterocycles. The van der Waals surface area contributed by atoms with Crippen molar-refractivity contribution in [2.24, 2.45) is 0 Å². The summed E-state index contributed by atoms with van der Waals surface area (Å²) in [6.07, 6.45) is 0.544. The third-order valence-corrected chi connectivity index (χ3v) is 4.42. The summed E-state index contributed by atoms with van der Waals surface area (Å²) >= 11 is 0. The molecule has 132 valence electrons. The van der Waals surface area contributed by atoms with Crippen molar-refractivity contribution in [3.05, 3.63) is 35.1 Å². The average molecular weight is 348 g/mol. The fourth-order valence-corrected chi connectivity index (χ4v) is 3.21. The summed E-state index contributed by atoms with van der Waals surface area (Å²) in [7, 11) is 1.51. The van der Waals surface area contributed by atoms with Crippen molar-refractivity contribution in [1.29, 1.82) is 0 Å². The monoisotopic (exact) mass is 348 g/mol. The summed E-state index contributed by atoms with van der Waals surface area (Å²) < 4.78 is 18.8. The van der Waals surface area contributed by atoms with Crippen molar-refractivity contribution in [2.45, 2.75) is 25.3 Å². The van der Waals surface area contributed by atoms with Crippen LogP contribution in [0.1, 0.15) is 40.0 Å². The molecule has 1 aromatic rings. The number of ether oxygens (including phenoxy) is 1. The van der Waals surface area contributed by atoms with E-state index in [0.29, 0.717) is 13.0 Å². The lowest BCUT2D eigenvalue weighted by molar-refractivity contribution is -0.151. The summed E-state index contributed by atoms with van der Waals surface area (Å²) in [6.45, 7) is 0.527. The van der Waals surface area contributed by atoms with Gasteiger partial charge in [0, 0.05) is 26.7 Å². The topological polar surface area (TPSA) is 84.0 Å². The SMILES string of the molecule is COCCCN1C(=O)CCC(N2C(=O)c3cccc(F)c3C2=O)C1=O. The lowest BCUT2D eigenvalue weighted by Crippen LogP contribution is -2.56. The van der Waals surface area contributed by atoms with Gasteiger partial charge in [-0.15, -0.1) is 0 Å². The van der Waals surface area contributed by atoms with Crippen molar-refractivity contribution in [2.75, 3.05) is 20.3 Å². The van der Waals surface area contributed by atoms with Gasteiger partial charge in [-0.1, -0.05) is 6.07 Å². The first-order valence-electron chi connectivity index (χ1n) is 7.97. The molecule has 0 aromatic heterocycles. The van der Waals surface area contributed by atoms with E-state index in [4.69, 9.17) is 4.74 Å². The van der Waals surface area contributed by atoms with Gasteiger partial charge in [0.05, 0.1) is 11.1 Å². The minimum Gasteiger partial charge on any atom is -0.385 e. The van der Waals surface area contributed by atoms with Crippen LogP contribution in [0.5, 0.6) is 0 Å². The van der Waals surface area contributed by atoms with Crippen LogP contribution in [-0.2, 0) is 14.3 Å². The zero-order valence-corrected chi connectivity index (χ0v) is 13.7. The maximum atomic E-state index is 13.9. The molecule has 8 heteroatoms. The van der Waals surface area contributed by atoms with Crippen molar-refractivity contribution in [3.8, 4) is 0 Å². The number of rotatable bonds is 5. The van der Waals surface area contributed by atoms with Gasteiger partial charge in [-0.25, -0.2) is 4.39 Å². The fourth-order valence-electron chi connectivity index (χ4n) is 3.21. The van der Waals surface area contributed by atoms with Gasteiger partial charge in [0.15, 0.2) is 0 Å². The molecule has 2 aliphatic rings. The highest BCUT2D eigenvalue weighted by atomic mass is 19.1. The Morgan fingerprint density at radius 2 is 1.96 bits per heavy atom. The number of carbonyl (C=O) groups is 4. The fraction of sp³-hybridized carbons (Fsp3) is 0.412. The van der Waals surface area contributed by atoms with Gasteiger partial charge < -0.3 is 4.74 Å². The molecular weight excluding hydrogens is 331 g/mol. The molecule has 1 aromatic carbocycles. The summed E-state index contributed by atoms with van der Waals surface area (Å²) in [5, 5.41) is 0. The molecule has 1 atom stereocenters. The summed E-state index contributed by atoms with van der Waals surface area (Å²) in [5.74, 6) is -3.29. The maximum absolute atomic E-state index is 13.9. The molecule has 1 unspecified atom stereocenters. The van der Waals surface area contributed by atoms with Crippen LogP contribution in [0.25, 0.3) is 0 Å². The number of imide groups is 2. The Kier molecular flexibility index (Phi) is 4.63. The molecule has 4 amide bonds. The van der Waals surface area contributed by atoms with E-state index in [9.17, 15) is 23.6 Å². The van der Waals surface area contributed by atoms with E-state index in [2.05, 4.69) is 0 Å². The quantitative estimate of drug-likeness (QED) is 0.585. The number of hydrogen-bond acceptors (Lipinski definition) is 5. The Hall–Kier alpha value is -2.61. The number of likely N-dealkylation sites (tertiary alicyclic amines) is 1. The average Bonchev–Trinajstić information content (AvgIpc) is 2.84. The number of carbonyl (C=O) groups excluding carboxylic acids is 4. The third kappa shape index (κ3) is 2.82. The van der Waals surface area contributed by atoms with E-state index < -0.39 is 29.6 Å². The summed E-state index contributed by atoms with van der Waals surface area (Å²) in [4.78, 5) is 51.5. The zero-order valence-electron chi connectivity index (χ0n) is 13.7. The first kappa shape index (κ1) is 17.2. The molecule has 0 radical (unpaired) electrons. The van der Waals surface area contributed by atoms with Gasteiger partial charge in [0.2, 0.25) is 5.91 Å². The van der Waals surface area contributed by atoms with Crippen LogP contribution < -0.4 is 0 Å². The number of piperidine rings is 1. The van der Waals surface area contributed by atoms with E-state index >= 15 is 0 Å². The Labute approximate surface area is 143 Å². The van der Waals surface area contributed by atoms with Crippen molar-refractivity contribution >= 4 is 23.6 Å². The molecule has 2 aliphatic heterocycles. The van der Waals surface area contributed by atoms with E-state index in [1.54, 1.807) is 0 Å². The van der Waals surface area contributed by atoms with Crippen LogP contribution in [0.3, 0.4) is 0 Å². The number of hydrogen-bond donors (Lipinski definition) is 0. The Bertz CT molecular complexity index is 763. The summed E-state index contributed by atoms with van der Waals surface area (Å²) in [5.41, 5.74) is -0.372. The molecule has 0 bridgehead atoms. The molecule has 25 heavy (non-hydrogen) atoms. The van der Waals surface area contributed by atoms with Crippen LogP contribution in [0.4, 0.5) is 4.39 Å². The van der Waals surface area contributed by atoms with E-state index in [1.165, 1.54) is 19.2 Å². The predicted octanol–water partition coefficient (Wildman–Crippen LogP) is 0.976. The highest BCUT2D eigenvalue weighted by Crippen LogP contribution is 2.30. The number of halogens is 1. The van der Waals surface area contributed by atoms with Crippen LogP contribution in [0.15, 0.2) is 18.2 Å². The second kappa shape index (κ2) is 6.72. The number of fused-ring (bicyclic) bond motifs is 1. The van der Waals surface area contributed by atoms with Crippen molar-refractivity contribution < 1.29 is 28.3 Å². The molecule has 1 fully saturated rings. The van der Waals surface area contributed by atoms with Gasteiger partial charge in [0.25, 0.3) is 17.7 Å². The number of methoxy groups -OCH3 is 1. The Morgan fingerprint density at radius 1 is 1.20 bits per heavy atom. The van der Waals surface area contributed by atoms with Crippen molar-refractivity contribution in [1.82, 2.24) is 9.80 Å². The highest BCUT2D eigenvalue weighted by Gasteiger charge is 2.47. The second-order valence-corrected chi connectivity index (χ2v) is 5.93. The second-order valence-electron chi connectivity index (χ2n) is 5.93. The van der Waals surface area contributed by atoms with Crippen LogP contribution in [0.2, 0.25) is 0 Å². The Morgan fingerprint density at radius 3 is 2.64 bits per heavy atom. The smallest absolute Gasteiger partial charge is 0.265 e. The van der Waals surface area contributed by atoms with Crippen molar-refractivity contribution in [3.63, 3.8) is 0 Å². The molecular formula is C17H17FN2O5. The lowest BCUT2D eigenvalue weighted by Gasteiger charge is -2.34. The van der Waals surface area contributed by atoms with E-state index in [-0.39, 0.29) is 36.4 Å². The molecule has 0 N–H and O–H groups in total. The van der Waals surface area contributed by atoms with Gasteiger partial charge in [-0.2, -0.15) is 0 Å². The number of benzene rings is 1. The molecule has 0 saturated carbocycles. The normalized spacial score (nSPS) is 20.5. The zero-order chi connectivity index (χ0) is 18.1. The van der Waals surface area contributed by atoms with Gasteiger partial charge in [-0.3, -0.25) is 29.0 Å². The predicted molar refractivity (Wildman–Crippen MR) is 83.1 cm³/mol. The van der Waals surface area contributed by atoms with Crippen LogP contribution in [-0.4, -0.2) is 59.7 Å². The molecule has 7 nitrogen and oxygen atoms in total. The number of amides is 4. The van der Waals surface area contributed by atoms with E-state index in [1.807, 2.05) is 0 Å². The van der Waals surface area contributed by atoms with Gasteiger partial charge in [-0.05, 0) is 25.0 Å². The van der Waals surface area contributed by atoms with E-state index in [0.717, 1.165) is 15.9 Å². The minimum absolute atomic E-state index is 0.0409. The largest absolute Gasteiger partial charge is 0.385 e. The first-order valence-corrected chi connectivity index (χ1v) is 7.97.